The van der Waals surface area contributed by atoms with Crippen molar-refractivity contribution in [3.63, 3.8) is 0 Å². The first-order chi connectivity index (χ1) is 14.3. The average molecular weight is 463 g/mol. The summed E-state index contributed by atoms with van der Waals surface area (Å²) < 4.78 is 5.73. The van der Waals surface area contributed by atoms with Crippen molar-refractivity contribution in [3.8, 4) is 11.5 Å². The zero-order valence-corrected chi connectivity index (χ0v) is 17.1. The van der Waals surface area contributed by atoms with E-state index < -0.39 is 10.8 Å². The van der Waals surface area contributed by atoms with Crippen LogP contribution in [0.3, 0.4) is 0 Å². The Balaban J connectivity index is 1.61. The molecule has 0 radical (unpaired) electrons. The van der Waals surface area contributed by atoms with Crippen LogP contribution in [0.15, 0.2) is 59.0 Å². The van der Waals surface area contributed by atoms with Crippen LogP contribution < -0.4 is 5.32 Å². The minimum atomic E-state index is -0.648. The fourth-order valence-corrected chi connectivity index (χ4v) is 3.24. The molecule has 30 heavy (non-hydrogen) atoms. The third-order valence-corrected chi connectivity index (χ3v) is 5.28. The third-order valence-electron chi connectivity index (χ3n) is 4.22. The van der Waals surface area contributed by atoms with Crippen LogP contribution >= 0.6 is 34.8 Å². The molecule has 1 amide bonds. The molecule has 0 fully saturated rings. The van der Waals surface area contributed by atoms with Crippen LogP contribution in [0.5, 0.6) is 0 Å². The van der Waals surface area contributed by atoms with Crippen LogP contribution in [0.1, 0.15) is 10.4 Å². The second-order valence-electron chi connectivity index (χ2n) is 6.21. The van der Waals surface area contributed by atoms with Crippen LogP contribution in [0.2, 0.25) is 15.1 Å². The summed E-state index contributed by atoms with van der Waals surface area (Å²) >= 11 is 17.8. The SMILES string of the molecule is O=C(Nc1ccc2oc(-c3ccc(Cl)c(Cl)c3)nc2c1)c1ccc(Cl)c([N+](=O)[O-])c1. The molecule has 0 unspecified atom stereocenters. The summed E-state index contributed by atoms with van der Waals surface area (Å²) in [7, 11) is 0. The number of amides is 1. The fraction of sp³-hybridized carbons (Fsp3) is 0. The molecule has 150 valence electrons. The van der Waals surface area contributed by atoms with Crippen molar-refractivity contribution in [2.75, 3.05) is 5.32 Å². The quantitative estimate of drug-likeness (QED) is 0.271. The molecule has 0 aliphatic carbocycles. The van der Waals surface area contributed by atoms with Gasteiger partial charge in [-0.3, -0.25) is 14.9 Å². The lowest BCUT2D eigenvalue weighted by molar-refractivity contribution is -0.384. The smallest absolute Gasteiger partial charge is 0.288 e. The molecule has 0 aliphatic heterocycles. The molecule has 4 aromatic rings. The van der Waals surface area contributed by atoms with Crippen LogP contribution in [-0.2, 0) is 0 Å². The summed E-state index contributed by atoms with van der Waals surface area (Å²) in [6.07, 6.45) is 0. The predicted molar refractivity (Wildman–Crippen MR) is 116 cm³/mol. The Morgan fingerprint density at radius 1 is 0.967 bits per heavy atom. The number of oxazole rings is 1. The lowest BCUT2D eigenvalue weighted by Crippen LogP contribution is -2.12. The molecule has 0 aliphatic rings. The number of nitro benzene ring substituents is 1. The Kier molecular flexibility index (Phi) is 5.34. The molecule has 0 spiro atoms. The van der Waals surface area contributed by atoms with Crippen molar-refractivity contribution in [1.82, 2.24) is 4.98 Å². The van der Waals surface area contributed by atoms with Crippen LogP contribution in [0, 0.1) is 10.1 Å². The number of carbonyl (C=O) groups is 1. The van der Waals surface area contributed by atoms with Gasteiger partial charge < -0.3 is 9.73 Å². The fourth-order valence-electron chi connectivity index (χ4n) is 2.75. The largest absolute Gasteiger partial charge is 0.436 e. The second-order valence-corrected chi connectivity index (χ2v) is 7.43. The summed E-state index contributed by atoms with van der Waals surface area (Å²) in [6, 6.07) is 13.8. The summed E-state index contributed by atoms with van der Waals surface area (Å²) in [5, 5.41) is 14.4. The van der Waals surface area contributed by atoms with Gasteiger partial charge in [-0.2, -0.15) is 0 Å². The van der Waals surface area contributed by atoms with E-state index in [2.05, 4.69) is 10.3 Å². The number of rotatable bonds is 4. The van der Waals surface area contributed by atoms with E-state index in [0.29, 0.717) is 38.3 Å². The first-order valence-corrected chi connectivity index (χ1v) is 9.56. The van der Waals surface area contributed by atoms with E-state index in [1.54, 1.807) is 36.4 Å². The molecule has 1 N–H and O–H groups in total. The van der Waals surface area contributed by atoms with Crippen molar-refractivity contribution in [3.05, 3.63) is 85.3 Å². The number of anilines is 1. The molecule has 7 nitrogen and oxygen atoms in total. The van der Waals surface area contributed by atoms with Gasteiger partial charge in [-0.15, -0.1) is 0 Å². The third kappa shape index (κ3) is 3.95. The maximum atomic E-state index is 12.5. The van der Waals surface area contributed by atoms with Crippen LogP contribution in [0.4, 0.5) is 11.4 Å². The summed E-state index contributed by atoms with van der Waals surface area (Å²) in [4.78, 5) is 27.3. The van der Waals surface area contributed by atoms with Gasteiger partial charge in [0.1, 0.15) is 10.5 Å². The summed E-state index contributed by atoms with van der Waals surface area (Å²) in [5.41, 5.74) is 1.87. The first kappa shape index (κ1) is 20.2. The van der Waals surface area contributed by atoms with E-state index in [9.17, 15) is 14.9 Å². The predicted octanol–water partition coefficient (Wildman–Crippen LogP) is 6.62. The van der Waals surface area contributed by atoms with E-state index in [-0.39, 0.29) is 16.3 Å². The zero-order valence-electron chi connectivity index (χ0n) is 14.9. The van der Waals surface area contributed by atoms with E-state index in [4.69, 9.17) is 39.2 Å². The van der Waals surface area contributed by atoms with Crippen molar-refractivity contribution >= 4 is 63.2 Å². The highest BCUT2D eigenvalue weighted by atomic mass is 35.5. The number of carbonyl (C=O) groups excluding carboxylic acids is 1. The van der Waals surface area contributed by atoms with E-state index in [1.165, 1.54) is 12.1 Å². The van der Waals surface area contributed by atoms with Gasteiger partial charge in [0.2, 0.25) is 5.89 Å². The number of nitro groups is 1. The lowest BCUT2D eigenvalue weighted by atomic mass is 10.2. The maximum absolute atomic E-state index is 12.5. The first-order valence-electron chi connectivity index (χ1n) is 8.43. The van der Waals surface area contributed by atoms with Crippen LogP contribution in [-0.4, -0.2) is 15.8 Å². The van der Waals surface area contributed by atoms with Gasteiger partial charge in [-0.25, -0.2) is 4.98 Å². The number of nitrogens with one attached hydrogen (secondary N) is 1. The summed E-state index contributed by atoms with van der Waals surface area (Å²) in [6.45, 7) is 0. The number of halogens is 3. The highest BCUT2D eigenvalue weighted by Gasteiger charge is 2.17. The number of aromatic nitrogens is 1. The lowest BCUT2D eigenvalue weighted by Gasteiger charge is -2.05. The molecular weight excluding hydrogens is 453 g/mol. The Morgan fingerprint density at radius 2 is 1.73 bits per heavy atom. The molecule has 0 saturated heterocycles. The highest BCUT2D eigenvalue weighted by Crippen LogP contribution is 2.31. The van der Waals surface area contributed by atoms with Gasteiger partial charge in [0, 0.05) is 22.9 Å². The van der Waals surface area contributed by atoms with Gasteiger partial charge >= 0.3 is 0 Å². The van der Waals surface area contributed by atoms with E-state index in [1.807, 2.05) is 0 Å². The van der Waals surface area contributed by atoms with Gasteiger partial charge in [0.15, 0.2) is 5.58 Å². The zero-order chi connectivity index (χ0) is 21.4. The maximum Gasteiger partial charge on any atom is 0.288 e. The Hall–Kier alpha value is -3.13. The molecule has 0 bridgehead atoms. The number of fused-ring (bicyclic) bond motifs is 1. The Bertz CT molecular complexity index is 1320. The molecule has 10 heteroatoms. The van der Waals surface area contributed by atoms with Crippen molar-refractivity contribution in [2.24, 2.45) is 0 Å². The van der Waals surface area contributed by atoms with E-state index >= 15 is 0 Å². The van der Waals surface area contributed by atoms with E-state index in [0.717, 1.165) is 6.07 Å². The summed E-state index contributed by atoms with van der Waals surface area (Å²) in [5.74, 6) is -0.178. The van der Waals surface area contributed by atoms with Crippen molar-refractivity contribution < 1.29 is 14.1 Å². The molecule has 3 aromatic carbocycles. The second kappa shape index (κ2) is 7.95. The minimum Gasteiger partial charge on any atom is -0.436 e. The van der Waals surface area contributed by atoms with Gasteiger partial charge in [0.25, 0.3) is 11.6 Å². The molecule has 4 rings (SSSR count). The van der Waals surface area contributed by atoms with Crippen LogP contribution in [0.25, 0.3) is 22.6 Å². The Labute approximate surface area is 184 Å². The topological polar surface area (TPSA) is 98.3 Å². The standard InChI is InChI=1S/C20H10Cl3N3O4/c21-13-4-2-11(7-15(13)23)20-25-16-9-12(3-6-18(16)30-20)24-19(27)10-1-5-14(22)17(8-10)26(28)29/h1-9H,(H,24,27). The number of hydrogen-bond donors (Lipinski definition) is 1. The van der Waals surface area contributed by atoms with Crippen molar-refractivity contribution in [1.29, 1.82) is 0 Å². The van der Waals surface area contributed by atoms with Gasteiger partial charge in [-0.05, 0) is 48.5 Å². The molecule has 0 saturated carbocycles. The molecular formula is C20H10Cl3N3O4. The molecule has 1 heterocycles. The monoisotopic (exact) mass is 461 g/mol. The highest BCUT2D eigenvalue weighted by molar-refractivity contribution is 6.42. The number of nitrogens with zero attached hydrogens (tertiary/aromatic N) is 2. The number of hydrogen-bond acceptors (Lipinski definition) is 5. The van der Waals surface area contributed by atoms with Gasteiger partial charge in [-0.1, -0.05) is 34.8 Å². The number of benzene rings is 3. The molecule has 1 aromatic heterocycles. The van der Waals surface area contributed by atoms with Crippen molar-refractivity contribution in [2.45, 2.75) is 0 Å². The average Bonchev–Trinajstić information content (AvgIpc) is 3.13. The molecule has 0 atom stereocenters. The normalized spacial score (nSPS) is 10.9. The minimum absolute atomic E-state index is 0.0459. The Morgan fingerprint density at radius 3 is 2.47 bits per heavy atom. The van der Waals surface area contributed by atoms with Gasteiger partial charge in [0.05, 0.1) is 15.0 Å².